The van der Waals surface area contributed by atoms with E-state index in [1.54, 1.807) is 24.3 Å². The predicted octanol–water partition coefficient (Wildman–Crippen LogP) is 1.37. The Hall–Kier alpha value is -2.43. The van der Waals surface area contributed by atoms with Crippen molar-refractivity contribution in [3.05, 3.63) is 46.5 Å². The highest BCUT2D eigenvalue weighted by Gasteiger charge is 2.04. The molecule has 1 aromatic heterocycles. The van der Waals surface area contributed by atoms with Crippen LogP contribution < -0.4 is 5.63 Å². The molecule has 0 N–H and O–H groups in total. The van der Waals surface area contributed by atoms with Gasteiger partial charge in [0, 0.05) is 6.08 Å². The number of nitrogens with zero attached hydrogens (tertiary/aromatic N) is 1. The van der Waals surface area contributed by atoms with Gasteiger partial charge in [0.25, 0.3) is 0 Å². The van der Waals surface area contributed by atoms with Crippen LogP contribution in [0.1, 0.15) is 5.69 Å². The highest BCUT2D eigenvalue weighted by Crippen LogP contribution is 2.09. The van der Waals surface area contributed by atoms with E-state index in [2.05, 4.69) is 9.72 Å². The van der Waals surface area contributed by atoms with Crippen LogP contribution in [0.5, 0.6) is 0 Å². The van der Waals surface area contributed by atoms with Crippen LogP contribution in [0.4, 0.5) is 0 Å². The molecule has 5 nitrogen and oxygen atoms in total. The van der Waals surface area contributed by atoms with E-state index in [1.807, 2.05) is 0 Å². The Labute approximate surface area is 96.3 Å². The summed E-state index contributed by atoms with van der Waals surface area (Å²) in [6.45, 7) is 0. The lowest BCUT2D eigenvalue weighted by Gasteiger charge is -1.96. The van der Waals surface area contributed by atoms with E-state index in [0.29, 0.717) is 11.1 Å². The fraction of sp³-hybridized carbons (Fsp3) is 0.0833. The van der Waals surface area contributed by atoms with E-state index in [0.717, 1.165) is 6.08 Å². The first-order chi connectivity index (χ1) is 8.20. The first-order valence-electron chi connectivity index (χ1n) is 4.86. The third-order valence-corrected chi connectivity index (χ3v) is 2.10. The fourth-order valence-corrected chi connectivity index (χ4v) is 1.28. The van der Waals surface area contributed by atoms with E-state index in [-0.39, 0.29) is 5.69 Å². The largest absolute Gasteiger partial charge is 0.466 e. The minimum atomic E-state index is -0.594. The van der Waals surface area contributed by atoms with Crippen molar-refractivity contribution in [3.8, 4) is 0 Å². The molecule has 0 spiro atoms. The summed E-state index contributed by atoms with van der Waals surface area (Å²) in [5.41, 5.74) is 0.433. The second kappa shape index (κ2) is 4.61. The number of esters is 1. The van der Waals surface area contributed by atoms with Crippen molar-refractivity contribution >= 4 is 23.1 Å². The summed E-state index contributed by atoms with van der Waals surface area (Å²) in [6, 6.07) is 6.89. The molecule has 17 heavy (non-hydrogen) atoms. The molecule has 0 aliphatic rings. The maximum atomic E-state index is 11.5. The predicted molar refractivity (Wildman–Crippen MR) is 61.3 cm³/mol. The average molecular weight is 231 g/mol. The lowest BCUT2D eigenvalue weighted by Crippen LogP contribution is -2.06. The van der Waals surface area contributed by atoms with E-state index in [4.69, 9.17) is 4.42 Å². The number of hydrogen-bond donors (Lipinski definition) is 0. The van der Waals surface area contributed by atoms with Gasteiger partial charge in [-0.3, -0.25) is 0 Å². The highest BCUT2D eigenvalue weighted by atomic mass is 16.5. The maximum Gasteiger partial charge on any atom is 0.362 e. The third-order valence-electron chi connectivity index (χ3n) is 2.10. The molecule has 0 unspecified atom stereocenters. The zero-order chi connectivity index (χ0) is 12.3. The van der Waals surface area contributed by atoms with Crippen LogP contribution >= 0.6 is 0 Å². The molecule has 0 radical (unpaired) electrons. The number of hydrogen-bond acceptors (Lipinski definition) is 5. The number of aromatic nitrogens is 1. The Morgan fingerprint density at radius 1 is 1.41 bits per heavy atom. The Balaban J connectivity index is 2.48. The van der Waals surface area contributed by atoms with Gasteiger partial charge in [-0.1, -0.05) is 12.1 Å². The summed E-state index contributed by atoms with van der Waals surface area (Å²) in [5, 5.41) is 0. The number of methoxy groups -OCH3 is 1. The number of carbonyl (C=O) groups excluding carboxylic acids is 1. The summed E-state index contributed by atoms with van der Waals surface area (Å²) < 4.78 is 9.45. The van der Waals surface area contributed by atoms with Crippen molar-refractivity contribution in [2.45, 2.75) is 0 Å². The molecular weight excluding hydrogens is 222 g/mol. The number of carbonyl (C=O) groups is 1. The zero-order valence-electron chi connectivity index (χ0n) is 9.04. The number of fused-ring (bicyclic) bond motifs is 1. The number of rotatable bonds is 2. The van der Waals surface area contributed by atoms with Gasteiger partial charge in [-0.05, 0) is 18.2 Å². The lowest BCUT2D eigenvalue weighted by atomic mass is 10.3. The molecule has 2 aromatic rings. The second-order valence-corrected chi connectivity index (χ2v) is 3.21. The van der Waals surface area contributed by atoms with Crippen molar-refractivity contribution in [1.82, 2.24) is 4.98 Å². The highest BCUT2D eigenvalue weighted by molar-refractivity contribution is 5.86. The Bertz CT molecular complexity index is 642. The van der Waals surface area contributed by atoms with Crippen LogP contribution in [0.2, 0.25) is 0 Å². The van der Waals surface area contributed by atoms with E-state index < -0.39 is 11.6 Å². The van der Waals surface area contributed by atoms with E-state index in [9.17, 15) is 9.59 Å². The van der Waals surface area contributed by atoms with Gasteiger partial charge in [-0.2, -0.15) is 0 Å². The molecule has 0 aliphatic heterocycles. The van der Waals surface area contributed by atoms with Gasteiger partial charge < -0.3 is 9.15 Å². The Kier molecular flexibility index (Phi) is 3.00. The quantitative estimate of drug-likeness (QED) is 0.576. The van der Waals surface area contributed by atoms with Gasteiger partial charge in [0.2, 0.25) is 0 Å². The van der Waals surface area contributed by atoms with Crippen molar-refractivity contribution in [3.63, 3.8) is 0 Å². The molecule has 0 bridgehead atoms. The third kappa shape index (κ3) is 2.39. The molecule has 0 aliphatic carbocycles. The normalized spacial score (nSPS) is 10.9. The molecule has 0 saturated heterocycles. The van der Waals surface area contributed by atoms with Gasteiger partial charge in [0.05, 0.1) is 7.11 Å². The molecule has 0 amide bonds. The van der Waals surface area contributed by atoms with Crippen molar-refractivity contribution in [2.75, 3.05) is 7.11 Å². The maximum absolute atomic E-state index is 11.5. The van der Waals surface area contributed by atoms with Crippen LogP contribution in [0.25, 0.3) is 17.2 Å². The summed E-state index contributed by atoms with van der Waals surface area (Å²) >= 11 is 0. The number of benzene rings is 1. The molecule has 1 heterocycles. The van der Waals surface area contributed by atoms with Crippen molar-refractivity contribution < 1.29 is 13.9 Å². The van der Waals surface area contributed by atoms with Gasteiger partial charge in [0.15, 0.2) is 5.58 Å². The zero-order valence-corrected chi connectivity index (χ0v) is 9.04. The first kappa shape index (κ1) is 11.1. The standard InChI is InChI=1S/C12H9NO4/c1-16-11(14)7-6-9-12(15)17-10-5-3-2-4-8(10)13-9/h2-7H,1H3. The van der Waals surface area contributed by atoms with E-state index in [1.165, 1.54) is 13.2 Å². The van der Waals surface area contributed by atoms with Crippen LogP contribution in [0.15, 0.2) is 39.6 Å². The van der Waals surface area contributed by atoms with Crippen LogP contribution in [-0.4, -0.2) is 18.1 Å². The molecule has 0 fully saturated rings. The lowest BCUT2D eigenvalue weighted by molar-refractivity contribution is -0.134. The van der Waals surface area contributed by atoms with Gasteiger partial charge in [-0.15, -0.1) is 0 Å². The minimum Gasteiger partial charge on any atom is -0.466 e. The topological polar surface area (TPSA) is 69.4 Å². The van der Waals surface area contributed by atoms with Crippen molar-refractivity contribution in [1.29, 1.82) is 0 Å². The minimum absolute atomic E-state index is 0.0640. The first-order valence-corrected chi connectivity index (χ1v) is 4.86. The Morgan fingerprint density at radius 3 is 2.94 bits per heavy atom. The second-order valence-electron chi connectivity index (χ2n) is 3.21. The summed E-state index contributed by atoms with van der Waals surface area (Å²) in [7, 11) is 1.25. The summed E-state index contributed by atoms with van der Waals surface area (Å²) in [4.78, 5) is 26.5. The average Bonchev–Trinajstić information content (AvgIpc) is 2.35. The van der Waals surface area contributed by atoms with Crippen LogP contribution in [0, 0.1) is 0 Å². The number of ether oxygens (including phenoxy) is 1. The summed E-state index contributed by atoms with van der Waals surface area (Å²) in [6.07, 6.45) is 2.39. The van der Waals surface area contributed by atoms with Gasteiger partial charge in [-0.25, -0.2) is 14.6 Å². The molecule has 5 heteroatoms. The Morgan fingerprint density at radius 2 is 2.18 bits per heavy atom. The molecular formula is C12H9NO4. The SMILES string of the molecule is COC(=O)C=Cc1nc2ccccc2oc1=O. The fourth-order valence-electron chi connectivity index (χ4n) is 1.28. The van der Waals surface area contributed by atoms with Gasteiger partial charge in [0.1, 0.15) is 11.2 Å². The smallest absolute Gasteiger partial charge is 0.362 e. The van der Waals surface area contributed by atoms with Gasteiger partial charge >= 0.3 is 11.6 Å². The summed E-state index contributed by atoms with van der Waals surface area (Å²) in [5.74, 6) is -0.556. The molecule has 0 saturated carbocycles. The molecule has 1 aromatic carbocycles. The number of para-hydroxylation sites is 2. The molecule has 86 valence electrons. The van der Waals surface area contributed by atoms with Crippen molar-refractivity contribution in [2.24, 2.45) is 0 Å². The molecule has 2 rings (SSSR count). The van der Waals surface area contributed by atoms with Crippen LogP contribution in [-0.2, 0) is 9.53 Å². The monoisotopic (exact) mass is 231 g/mol. The van der Waals surface area contributed by atoms with Crippen LogP contribution in [0.3, 0.4) is 0 Å². The molecule has 0 atom stereocenters. The van der Waals surface area contributed by atoms with E-state index >= 15 is 0 Å².